The molecule has 1 aliphatic heterocycles. The smallest absolute Gasteiger partial charge is 0.125 e. The Labute approximate surface area is 188 Å². The molecule has 1 fully saturated rings. The van der Waals surface area contributed by atoms with Crippen LogP contribution in [0.4, 0.5) is 11.4 Å². The first-order chi connectivity index (χ1) is 14.3. The van der Waals surface area contributed by atoms with Gasteiger partial charge in [-0.15, -0.1) is 12.4 Å². The van der Waals surface area contributed by atoms with Crippen molar-refractivity contribution in [3.05, 3.63) is 60.2 Å². The monoisotopic (exact) mass is 428 g/mol. The molecule has 0 saturated carbocycles. The molecule has 0 radical (unpaired) electrons. The number of halogens is 1. The maximum Gasteiger partial charge on any atom is 0.125 e. The molecule has 0 bridgehead atoms. The van der Waals surface area contributed by atoms with Gasteiger partial charge in [0.05, 0.1) is 0 Å². The van der Waals surface area contributed by atoms with Crippen LogP contribution in [0.25, 0.3) is 0 Å². The van der Waals surface area contributed by atoms with E-state index in [1.165, 1.54) is 43.5 Å². The van der Waals surface area contributed by atoms with E-state index in [1.54, 1.807) is 0 Å². The van der Waals surface area contributed by atoms with E-state index < -0.39 is 0 Å². The van der Waals surface area contributed by atoms with Crippen LogP contribution in [0.1, 0.15) is 51.0 Å². The Morgan fingerprint density at radius 3 is 1.90 bits per heavy atom. The van der Waals surface area contributed by atoms with Gasteiger partial charge in [0.1, 0.15) is 5.84 Å². The Bertz CT molecular complexity index is 738. The molecule has 0 amide bonds. The van der Waals surface area contributed by atoms with E-state index in [9.17, 15) is 0 Å². The summed E-state index contributed by atoms with van der Waals surface area (Å²) in [5.74, 6) is 0.666. The topological polar surface area (TPSA) is 44.9 Å². The number of amidine groups is 1. The van der Waals surface area contributed by atoms with Crippen molar-refractivity contribution >= 4 is 29.6 Å². The van der Waals surface area contributed by atoms with Crippen LogP contribution in [-0.4, -0.2) is 38.6 Å². The van der Waals surface area contributed by atoms with Crippen molar-refractivity contribution in [2.24, 2.45) is 10.7 Å². The largest absolute Gasteiger partial charge is 0.384 e. The minimum absolute atomic E-state index is 0. The number of hydrogen-bond donors (Lipinski definition) is 1. The van der Waals surface area contributed by atoms with E-state index in [-0.39, 0.29) is 12.4 Å². The van der Waals surface area contributed by atoms with Gasteiger partial charge in [0.25, 0.3) is 0 Å². The number of unbranched alkanes of at least 4 members (excludes halogenated alkanes) is 5. The molecule has 0 atom stereocenters. The van der Waals surface area contributed by atoms with E-state index in [1.807, 2.05) is 0 Å². The maximum atomic E-state index is 6.20. The normalized spacial score (nSPS) is 14.5. The minimum Gasteiger partial charge on any atom is -0.384 e. The molecule has 3 rings (SSSR count). The number of nitrogens with two attached hydrogens (primary N) is 1. The second-order valence-corrected chi connectivity index (χ2v) is 7.89. The first-order valence-corrected chi connectivity index (χ1v) is 11.2. The van der Waals surface area contributed by atoms with Gasteiger partial charge in [-0.3, -0.25) is 4.99 Å². The highest BCUT2D eigenvalue weighted by molar-refractivity contribution is 5.97. The summed E-state index contributed by atoms with van der Waals surface area (Å²) < 4.78 is 0. The highest BCUT2D eigenvalue weighted by Crippen LogP contribution is 2.21. The van der Waals surface area contributed by atoms with E-state index in [0.717, 1.165) is 44.7 Å². The van der Waals surface area contributed by atoms with Crippen molar-refractivity contribution in [3.8, 4) is 0 Å². The van der Waals surface area contributed by atoms with E-state index in [4.69, 9.17) is 5.73 Å². The molecular weight excluding hydrogens is 392 g/mol. The lowest BCUT2D eigenvalue weighted by Gasteiger charge is -2.37. The summed E-state index contributed by atoms with van der Waals surface area (Å²) in [6, 6.07) is 19.3. The number of anilines is 2. The molecule has 0 aliphatic carbocycles. The zero-order valence-electron chi connectivity index (χ0n) is 18.3. The van der Waals surface area contributed by atoms with Gasteiger partial charge in [-0.2, -0.15) is 0 Å². The molecule has 0 spiro atoms. The number of hydrogen-bond acceptors (Lipinski definition) is 3. The molecule has 164 valence electrons. The van der Waals surface area contributed by atoms with Gasteiger partial charge in [0, 0.05) is 49.7 Å². The third-order valence-corrected chi connectivity index (χ3v) is 5.72. The lowest BCUT2D eigenvalue weighted by molar-refractivity contribution is 0.612. The van der Waals surface area contributed by atoms with Crippen molar-refractivity contribution in [3.63, 3.8) is 0 Å². The lowest BCUT2D eigenvalue weighted by atomic mass is 10.1. The molecule has 0 aromatic heterocycles. The zero-order chi connectivity index (χ0) is 20.3. The van der Waals surface area contributed by atoms with Gasteiger partial charge >= 0.3 is 0 Å². The highest BCUT2D eigenvalue weighted by Gasteiger charge is 2.17. The SMILES string of the molecule is CCCCCCCCN=C(N)c1ccc(N2CCN(c3ccccc3)CC2)cc1.Cl. The van der Waals surface area contributed by atoms with Crippen LogP contribution in [0.15, 0.2) is 59.6 Å². The maximum absolute atomic E-state index is 6.20. The molecule has 0 unspecified atom stereocenters. The summed E-state index contributed by atoms with van der Waals surface area (Å²) in [7, 11) is 0. The average molecular weight is 429 g/mol. The van der Waals surface area contributed by atoms with Gasteiger partial charge in [-0.1, -0.05) is 57.2 Å². The molecule has 2 N–H and O–H groups in total. The van der Waals surface area contributed by atoms with Gasteiger partial charge in [-0.25, -0.2) is 0 Å². The number of aliphatic imine (C=N–C) groups is 1. The van der Waals surface area contributed by atoms with Crippen molar-refractivity contribution < 1.29 is 0 Å². The standard InChI is InChI=1S/C25H36N4.ClH/c1-2-3-4-5-6-10-17-27-25(26)22-13-15-24(16-14-22)29-20-18-28(19-21-29)23-11-8-7-9-12-23;/h7-9,11-16H,2-6,10,17-21H2,1H3,(H2,26,27);1H. The van der Waals surface area contributed by atoms with Crippen molar-refractivity contribution in [2.75, 3.05) is 42.5 Å². The number of piperazine rings is 1. The lowest BCUT2D eigenvalue weighted by Crippen LogP contribution is -2.46. The molecule has 1 saturated heterocycles. The first kappa shape index (κ1) is 24.1. The van der Waals surface area contributed by atoms with Crippen LogP contribution >= 0.6 is 12.4 Å². The third kappa shape index (κ3) is 7.24. The van der Waals surface area contributed by atoms with Crippen LogP contribution in [0.5, 0.6) is 0 Å². The number of benzene rings is 2. The summed E-state index contributed by atoms with van der Waals surface area (Å²) in [6.07, 6.45) is 7.69. The van der Waals surface area contributed by atoms with Crippen LogP contribution in [0, 0.1) is 0 Å². The number of para-hydroxylation sites is 1. The number of rotatable bonds is 10. The van der Waals surface area contributed by atoms with Gasteiger partial charge in [-0.05, 0) is 42.8 Å². The van der Waals surface area contributed by atoms with Crippen molar-refractivity contribution in [1.29, 1.82) is 0 Å². The first-order valence-electron chi connectivity index (χ1n) is 11.2. The summed E-state index contributed by atoms with van der Waals surface area (Å²) >= 11 is 0. The fourth-order valence-electron chi connectivity index (χ4n) is 3.89. The highest BCUT2D eigenvalue weighted by atomic mass is 35.5. The van der Waals surface area contributed by atoms with E-state index >= 15 is 0 Å². The Hall–Kier alpha value is -2.20. The average Bonchev–Trinajstić information content (AvgIpc) is 2.79. The fraction of sp³-hybridized carbons (Fsp3) is 0.480. The van der Waals surface area contributed by atoms with E-state index in [2.05, 4.69) is 76.3 Å². The fourth-order valence-corrected chi connectivity index (χ4v) is 3.89. The zero-order valence-corrected chi connectivity index (χ0v) is 19.1. The number of nitrogens with zero attached hydrogens (tertiary/aromatic N) is 3. The molecule has 5 heteroatoms. The summed E-state index contributed by atoms with van der Waals surface area (Å²) in [5, 5.41) is 0. The van der Waals surface area contributed by atoms with Gasteiger partial charge in [0.15, 0.2) is 0 Å². The van der Waals surface area contributed by atoms with Gasteiger partial charge in [0.2, 0.25) is 0 Å². The molecule has 2 aromatic rings. The Balaban J connectivity index is 0.00000320. The predicted molar refractivity (Wildman–Crippen MR) is 134 cm³/mol. The Morgan fingerprint density at radius 2 is 1.30 bits per heavy atom. The minimum atomic E-state index is 0. The summed E-state index contributed by atoms with van der Waals surface area (Å²) in [4.78, 5) is 9.48. The molecule has 2 aromatic carbocycles. The van der Waals surface area contributed by atoms with Crippen molar-refractivity contribution in [1.82, 2.24) is 0 Å². The molecule has 1 aliphatic rings. The quantitative estimate of drug-likeness (QED) is 0.308. The molecule has 30 heavy (non-hydrogen) atoms. The Morgan fingerprint density at radius 1 is 0.767 bits per heavy atom. The van der Waals surface area contributed by atoms with Crippen LogP contribution in [0.2, 0.25) is 0 Å². The molecular formula is C25H37ClN4. The summed E-state index contributed by atoms with van der Waals surface area (Å²) in [6.45, 7) is 7.26. The second-order valence-electron chi connectivity index (χ2n) is 7.89. The third-order valence-electron chi connectivity index (χ3n) is 5.72. The second kappa shape index (κ2) is 13.2. The molecule has 1 heterocycles. The van der Waals surface area contributed by atoms with Crippen LogP contribution < -0.4 is 15.5 Å². The summed E-state index contributed by atoms with van der Waals surface area (Å²) in [5.41, 5.74) is 9.81. The predicted octanol–water partition coefficient (Wildman–Crippen LogP) is 5.50. The van der Waals surface area contributed by atoms with E-state index in [0.29, 0.717) is 5.84 Å². The van der Waals surface area contributed by atoms with Crippen LogP contribution in [-0.2, 0) is 0 Å². The molecule has 4 nitrogen and oxygen atoms in total. The van der Waals surface area contributed by atoms with Gasteiger partial charge < -0.3 is 15.5 Å². The van der Waals surface area contributed by atoms with Crippen LogP contribution in [0.3, 0.4) is 0 Å². The Kier molecular flexibility index (Phi) is 10.6. The van der Waals surface area contributed by atoms with Crippen molar-refractivity contribution in [2.45, 2.75) is 45.4 Å².